The summed E-state index contributed by atoms with van der Waals surface area (Å²) in [5.41, 5.74) is 0. The molecule has 1 unspecified atom stereocenters. The molecule has 0 saturated carbocycles. The number of hydrogen-bond donors (Lipinski definition) is 0. The summed E-state index contributed by atoms with van der Waals surface area (Å²) in [6, 6.07) is 0. The number of ether oxygens (including phenoxy) is 1. The average Bonchev–Trinajstić information content (AvgIpc) is 2.32. The molecule has 0 aromatic carbocycles. The summed E-state index contributed by atoms with van der Waals surface area (Å²) in [6.45, 7) is 1.38. The Hall–Kier alpha value is -0.190. The first-order valence-electron chi connectivity index (χ1n) is 3.46. The molecule has 1 aliphatic heterocycles. The van der Waals surface area contributed by atoms with Crippen LogP contribution in [-0.4, -0.2) is 17.6 Å². The maximum absolute atomic E-state index is 12.1. The number of hydrogen-bond acceptors (Lipinski definition) is 1. The van der Waals surface area contributed by atoms with Gasteiger partial charge in [0.05, 0.1) is 4.83 Å². The van der Waals surface area contributed by atoms with E-state index in [1.807, 2.05) is 0 Å². The van der Waals surface area contributed by atoms with Crippen LogP contribution in [-0.2, 0) is 4.74 Å². The molecule has 5 heteroatoms. The van der Waals surface area contributed by atoms with Crippen molar-refractivity contribution in [1.29, 1.82) is 0 Å². The van der Waals surface area contributed by atoms with Crippen molar-refractivity contribution in [2.24, 2.45) is 5.92 Å². The van der Waals surface area contributed by atoms with Crippen LogP contribution in [0, 0.1) is 5.92 Å². The van der Waals surface area contributed by atoms with Gasteiger partial charge in [-0.2, -0.15) is 13.2 Å². The molecule has 1 aliphatic rings. The van der Waals surface area contributed by atoms with Crippen molar-refractivity contribution in [3.05, 3.63) is 11.8 Å². The van der Waals surface area contributed by atoms with Crippen LogP contribution in [0.15, 0.2) is 11.8 Å². The summed E-state index contributed by atoms with van der Waals surface area (Å²) in [7, 11) is 0. The minimum Gasteiger partial charge on any atom is -0.496 e. The van der Waals surface area contributed by atoms with Gasteiger partial charge >= 0.3 is 6.18 Å². The van der Waals surface area contributed by atoms with Crippen molar-refractivity contribution < 1.29 is 17.9 Å². The fourth-order valence-corrected chi connectivity index (χ4v) is 1.27. The van der Waals surface area contributed by atoms with Crippen LogP contribution in [0.4, 0.5) is 13.2 Å². The van der Waals surface area contributed by atoms with Gasteiger partial charge < -0.3 is 4.74 Å². The third kappa shape index (κ3) is 2.15. The van der Waals surface area contributed by atoms with E-state index in [0.717, 1.165) is 6.92 Å². The summed E-state index contributed by atoms with van der Waals surface area (Å²) in [5.74, 6) is -1.48. The Morgan fingerprint density at radius 1 is 1.67 bits per heavy atom. The molecule has 12 heavy (non-hydrogen) atoms. The third-order valence-corrected chi connectivity index (χ3v) is 2.20. The van der Waals surface area contributed by atoms with E-state index in [1.54, 1.807) is 0 Å². The van der Waals surface area contributed by atoms with Gasteiger partial charge in [0, 0.05) is 0 Å². The van der Waals surface area contributed by atoms with Crippen LogP contribution in [0.25, 0.3) is 0 Å². The Balaban J connectivity index is 2.65. The normalized spacial score (nSPS) is 26.4. The van der Waals surface area contributed by atoms with Crippen molar-refractivity contribution in [2.75, 3.05) is 6.61 Å². The molecule has 0 aromatic heterocycles. The van der Waals surface area contributed by atoms with Gasteiger partial charge in [-0.15, -0.1) is 0 Å². The van der Waals surface area contributed by atoms with E-state index in [-0.39, 0.29) is 17.2 Å². The molecule has 0 aromatic rings. The Morgan fingerprint density at radius 3 is 2.58 bits per heavy atom. The molecule has 0 radical (unpaired) electrons. The fourth-order valence-electron chi connectivity index (χ4n) is 0.881. The van der Waals surface area contributed by atoms with Gasteiger partial charge in [0.2, 0.25) is 0 Å². The molecule has 1 heterocycles. The lowest BCUT2D eigenvalue weighted by Gasteiger charge is -2.15. The van der Waals surface area contributed by atoms with Gasteiger partial charge in [-0.3, -0.25) is 0 Å². The first-order chi connectivity index (χ1) is 5.41. The molecule has 2 atom stereocenters. The van der Waals surface area contributed by atoms with Gasteiger partial charge in [-0.05, 0) is 13.0 Å². The molecule has 1 nitrogen and oxygen atoms in total. The summed E-state index contributed by atoms with van der Waals surface area (Å²) >= 11 is 3.14. The standard InChI is InChI=1S/C7H8BrF3O/c1-4(7(9,10)11)6-2-5(8)3-12-6/h2,4-5H,3H2,1H3/t4-,5?/m0/s1. The molecule has 0 spiro atoms. The maximum atomic E-state index is 12.1. The van der Waals surface area contributed by atoms with Crippen LogP contribution < -0.4 is 0 Å². The Labute approximate surface area is 76.7 Å². The number of allylic oxidation sites excluding steroid dienone is 1. The highest BCUT2D eigenvalue weighted by Gasteiger charge is 2.41. The summed E-state index contributed by atoms with van der Waals surface area (Å²) in [6.07, 6.45) is -2.75. The molecule has 0 bridgehead atoms. The van der Waals surface area contributed by atoms with Crippen LogP contribution >= 0.6 is 15.9 Å². The van der Waals surface area contributed by atoms with E-state index in [1.165, 1.54) is 6.08 Å². The van der Waals surface area contributed by atoms with Crippen molar-refractivity contribution >= 4 is 15.9 Å². The Morgan fingerprint density at radius 2 is 2.25 bits per heavy atom. The van der Waals surface area contributed by atoms with Gasteiger partial charge in [0.15, 0.2) is 0 Å². The molecule has 0 saturated heterocycles. The van der Waals surface area contributed by atoms with Gasteiger partial charge in [0.25, 0.3) is 0 Å². The predicted molar refractivity (Wildman–Crippen MR) is 42.0 cm³/mol. The van der Waals surface area contributed by atoms with Crippen molar-refractivity contribution in [3.8, 4) is 0 Å². The van der Waals surface area contributed by atoms with E-state index in [2.05, 4.69) is 15.9 Å². The first kappa shape index (κ1) is 9.89. The summed E-state index contributed by atoms with van der Waals surface area (Å²) < 4.78 is 41.1. The van der Waals surface area contributed by atoms with Crippen LogP contribution in [0.3, 0.4) is 0 Å². The molecule has 1 rings (SSSR count). The highest BCUT2D eigenvalue weighted by atomic mass is 79.9. The second-order valence-electron chi connectivity index (χ2n) is 2.66. The number of rotatable bonds is 1. The summed E-state index contributed by atoms with van der Waals surface area (Å²) in [4.78, 5) is -0.0858. The third-order valence-electron chi connectivity index (χ3n) is 1.67. The number of alkyl halides is 4. The lowest BCUT2D eigenvalue weighted by atomic mass is 10.1. The zero-order valence-electron chi connectivity index (χ0n) is 6.36. The quantitative estimate of drug-likeness (QED) is 0.645. The van der Waals surface area contributed by atoms with E-state index in [9.17, 15) is 13.2 Å². The SMILES string of the molecule is C[C@@H](C1=CC(Br)CO1)C(F)(F)F. The molecule has 0 fully saturated rings. The molecule has 0 aliphatic carbocycles. The van der Waals surface area contributed by atoms with Crippen LogP contribution in [0.2, 0.25) is 0 Å². The fraction of sp³-hybridized carbons (Fsp3) is 0.714. The maximum Gasteiger partial charge on any atom is 0.398 e. The highest BCUT2D eigenvalue weighted by molar-refractivity contribution is 9.09. The smallest absolute Gasteiger partial charge is 0.398 e. The molecule has 70 valence electrons. The average molecular weight is 245 g/mol. The molecular formula is C7H8BrF3O. The van der Waals surface area contributed by atoms with Gasteiger partial charge in [0.1, 0.15) is 18.3 Å². The second-order valence-corrected chi connectivity index (χ2v) is 3.84. The Bertz CT molecular complexity index is 199. The zero-order valence-corrected chi connectivity index (χ0v) is 7.95. The minimum atomic E-state index is -4.21. The monoisotopic (exact) mass is 244 g/mol. The van der Waals surface area contributed by atoms with Crippen molar-refractivity contribution in [3.63, 3.8) is 0 Å². The largest absolute Gasteiger partial charge is 0.496 e. The lowest BCUT2D eigenvalue weighted by molar-refractivity contribution is -0.167. The van der Waals surface area contributed by atoms with Gasteiger partial charge in [-0.25, -0.2) is 0 Å². The molecular weight excluding hydrogens is 237 g/mol. The second kappa shape index (κ2) is 3.28. The van der Waals surface area contributed by atoms with Crippen molar-refractivity contribution in [1.82, 2.24) is 0 Å². The lowest BCUT2D eigenvalue weighted by Crippen LogP contribution is -2.21. The molecule has 0 amide bonds. The van der Waals surface area contributed by atoms with E-state index >= 15 is 0 Å². The van der Waals surface area contributed by atoms with E-state index < -0.39 is 12.1 Å². The first-order valence-corrected chi connectivity index (χ1v) is 4.38. The van der Waals surface area contributed by atoms with Crippen molar-refractivity contribution in [2.45, 2.75) is 17.9 Å². The zero-order chi connectivity index (χ0) is 9.35. The van der Waals surface area contributed by atoms with Crippen LogP contribution in [0.5, 0.6) is 0 Å². The minimum absolute atomic E-state index is 0.0179. The topological polar surface area (TPSA) is 9.23 Å². The van der Waals surface area contributed by atoms with E-state index in [4.69, 9.17) is 4.74 Å². The number of halogens is 4. The highest BCUT2D eigenvalue weighted by Crippen LogP contribution is 2.34. The van der Waals surface area contributed by atoms with Gasteiger partial charge in [-0.1, -0.05) is 15.9 Å². The summed E-state index contributed by atoms with van der Waals surface area (Å²) in [5, 5.41) is 0. The Kier molecular flexibility index (Phi) is 2.70. The van der Waals surface area contributed by atoms with E-state index in [0.29, 0.717) is 0 Å². The molecule has 0 N–H and O–H groups in total. The van der Waals surface area contributed by atoms with Crippen LogP contribution in [0.1, 0.15) is 6.92 Å². The predicted octanol–water partition coefficient (Wildman–Crippen LogP) is 2.86.